The molecule has 10 heteroatoms. The monoisotopic (exact) mass is 427 g/mol. The van der Waals surface area contributed by atoms with Gasteiger partial charge in [0.2, 0.25) is 10.0 Å². The van der Waals surface area contributed by atoms with Crippen LogP contribution in [0, 0.1) is 11.6 Å². The van der Waals surface area contributed by atoms with E-state index in [9.17, 15) is 22.0 Å². The van der Waals surface area contributed by atoms with Crippen LogP contribution in [0.1, 0.15) is 10.4 Å². The van der Waals surface area contributed by atoms with Crippen LogP contribution in [0.5, 0.6) is 5.75 Å². The Kier molecular flexibility index (Phi) is 6.78. The second kappa shape index (κ2) is 9.29. The lowest BCUT2D eigenvalue weighted by atomic mass is 10.2. The number of carbonyl (C=O) groups is 1. The van der Waals surface area contributed by atoms with Gasteiger partial charge in [0.1, 0.15) is 23.9 Å². The molecule has 2 aromatic rings. The van der Waals surface area contributed by atoms with Gasteiger partial charge in [-0.2, -0.15) is 4.31 Å². The fraction of sp³-hybridized carbons (Fsp3) is 0.316. The number of rotatable bonds is 7. The summed E-state index contributed by atoms with van der Waals surface area (Å²) in [7, 11) is -4.11. The van der Waals surface area contributed by atoms with Crippen molar-refractivity contribution in [3.8, 4) is 5.75 Å². The third-order valence-electron chi connectivity index (χ3n) is 4.17. The standard InChI is InChI=1S/C19H19F2NO6S/c20-15-3-1-2-4-17(15)27-11-12-28-19(23)14-5-6-16(21)18(13-14)29(24,25)22-7-9-26-10-8-22/h1-6,13H,7-12H2. The number of benzene rings is 2. The molecule has 1 aliphatic rings. The first-order valence-electron chi connectivity index (χ1n) is 8.81. The summed E-state index contributed by atoms with van der Waals surface area (Å²) in [4.78, 5) is 11.6. The van der Waals surface area contributed by atoms with Crippen molar-refractivity contribution in [2.24, 2.45) is 0 Å². The van der Waals surface area contributed by atoms with Crippen LogP contribution in [0.15, 0.2) is 47.4 Å². The molecule has 1 aliphatic heterocycles. The van der Waals surface area contributed by atoms with Gasteiger partial charge in [-0.1, -0.05) is 12.1 Å². The number of morpholine rings is 1. The molecule has 1 saturated heterocycles. The fourth-order valence-electron chi connectivity index (χ4n) is 2.69. The molecule has 2 aromatic carbocycles. The van der Waals surface area contributed by atoms with Crippen LogP contribution < -0.4 is 4.74 Å². The molecule has 0 bridgehead atoms. The van der Waals surface area contributed by atoms with Gasteiger partial charge in [-0.15, -0.1) is 0 Å². The van der Waals surface area contributed by atoms with Crippen LogP contribution in [0.25, 0.3) is 0 Å². The van der Waals surface area contributed by atoms with Gasteiger partial charge >= 0.3 is 5.97 Å². The maximum absolute atomic E-state index is 14.2. The first-order valence-corrected chi connectivity index (χ1v) is 10.3. The fourth-order valence-corrected chi connectivity index (χ4v) is 4.18. The highest BCUT2D eigenvalue weighted by Crippen LogP contribution is 2.22. The molecule has 3 rings (SSSR count). The lowest BCUT2D eigenvalue weighted by Gasteiger charge is -2.26. The Hall–Kier alpha value is -2.56. The molecule has 0 atom stereocenters. The van der Waals surface area contributed by atoms with E-state index < -0.39 is 32.5 Å². The van der Waals surface area contributed by atoms with Crippen molar-refractivity contribution >= 4 is 16.0 Å². The molecule has 0 saturated carbocycles. The van der Waals surface area contributed by atoms with Crippen LogP contribution in [0.4, 0.5) is 8.78 Å². The average molecular weight is 427 g/mol. The molecule has 0 radical (unpaired) electrons. The lowest BCUT2D eigenvalue weighted by molar-refractivity contribution is 0.0448. The van der Waals surface area contributed by atoms with E-state index in [1.807, 2.05) is 0 Å². The number of esters is 1. The Morgan fingerprint density at radius 3 is 2.48 bits per heavy atom. The van der Waals surface area contributed by atoms with Gasteiger partial charge < -0.3 is 14.2 Å². The zero-order chi connectivity index (χ0) is 20.9. The number of nitrogens with zero attached hydrogens (tertiary/aromatic N) is 1. The Bertz CT molecular complexity index is 976. The minimum Gasteiger partial charge on any atom is -0.487 e. The van der Waals surface area contributed by atoms with Crippen molar-refractivity contribution in [3.05, 3.63) is 59.7 Å². The van der Waals surface area contributed by atoms with Gasteiger partial charge in [0, 0.05) is 13.1 Å². The third kappa shape index (κ3) is 5.08. The Morgan fingerprint density at radius 2 is 1.76 bits per heavy atom. The minimum absolute atomic E-state index is 0.0178. The summed E-state index contributed by atoms with van der Waals surface area (Å²) in [5.41, 5.74) is -0.121. The predicted octanol–water partition coefficient (Wildman–Crippen LogP) is 2.22. The van der Waals surface area contributed by atoms with Gasteiger partial charge in [0.25, 0.3) is 0 Å². The molecule has 0 amide bonds. The van der Waals surface area contributed by atoms with Crippen molar-refractivity contribution in [3.63, 3.8) is 0 Å². The summed E-state index contributed by atoms with van der Waals surface area (Å²) in [5, 5.41) is 0. The summed E-state index contributed by atoms with van der Waals surface area (Å²) in [6.07, 6.45) is 0. The van der Waals surface area contributed by atoms with Crippen LogP contribution in [-0.2, 0) is 19.5 Å². The number of ether oxygens (including phenoxy) is 3. The van der Waals surface area contributed by atoms with Crippen LogP contribution in [0.3, 0.4) is 0 Å². The largest absolute Gasteiger partial charge is 0.487 e. The van der Waals surface area contributed by atoms with Gasteiger partial charge in [-0.3, -0.25) is 0 Å². The number of carbonyl (C=O) groups excluding carboxylic acids is 1. The quantitative estimate of drug-likeness (QED) is 0.498. The molecule has 0 spiro atoms. The molecule has 0 unspecified atom stereocenters. The highest BCUT2D eigenvalue weighted by Gasteiger charge is 2.30. The van der Waals surface area contributed by atoms with Crippen molar-refractivity contribution < 1.29 is 36.2 Å². The first kappa shape index (κ1) is 21.2. The predicted molar refractivity (Wildman–Crippen MR) is 98.2 cm³/mol. The SMILES string of the molecule is O=C(OCCOc1ccccc1F)c1ccc(F)c(S(=O)(=O)N2CCOCC2)c1. The summed E-state index contributed by atoms with van der Waals surface area (Å²) in [6, 6.07) is 8.75. The van der Waals surface area contributed by atoms with Crippen LogP contribution >= 0.6 is 0 Å². The molecular formula is C19H19F2NO6S. The summed E-state index contributed by atoms with van der Waals surface area (Å²) in [5.74, 6) is -2.34. The summed E-state index contributed by atoms with van der Waals surface area (Å²) >= 11 is 0. The zero-order valence-corrected chi connectivity index (χ0v) is 16.2. The normalized spacial score (nSPS) is 15.1. The van der Waals surface area contributed by atoms with E-state index in [4.69, 9.17) is 14.2 Å². The maximum Gasteiger partial charge on any atom is 0.338 e. The maximum atomic E-state index is 14.2. The van der Waals surface area contributed by atoms with E-state index in [1.54, 1.807) is 6.07 Å². The molecule has 1 fully saturated rings. The topological polar surface area (TPSA) is 82.1 Å². The molecule has 7 nitrogen and oxygen atoms in total. The second-order valence-corrected chi connectivity index (χ2v) is 7.98. The molecule has 0 aliphatic carbocycles. The van der Waals surface area contributed by atoms with E-state index in [0.29, 0.717) is 0 Å². The third-order valence-corrected chi connectivity index (χ3v) is 6.08. The highest BCUT2D eigenvalue weighted by atomic mass is 32.2. The number of para-hydroxylation sites is 1. The molecule has 0 N–H and O–H groups in total. The van der Waals surface area contributed by atoms with Gasteiger partial charge in [-0.05, 0) is 30.3 Å². The minimum atomic E-state index is -4.11. The summed E-state index contributed by atoms with van der Waals surface area (Å²) in [6.45, 7) is 0.325. The number of hydrogen-bond donors (Lipinski definition) is 0. The number of sulfonamides is 1. The van der Waals surface area contributed by atoms with Crippen molar-refractivity contribution in [1.82, 2.24) is 4.31 Å². The highest BCUT2D eigenvalue weighted by molar-refractivity contribution is 7.89. The Labute approximate surface area is 166 Å². The van der Waals surface area contributed by atoms with Crippen molar-refractivity contribution in [2.45, 2.75) is 4.90 Å². The molecule has 0 aromatic heterocycles. The summed E-state index contributed by atoms with van der Waals surface area (Å²) < 4.78 is 69.3. The first-order chi connectivity index (χ1) is 13.9. The van der Waals surface area contributed by atoms with E-state index in [0.717, 1.165) is 22.5 Å². The Balaban J connectivity index is 1.64. The van der Waals surface area contributed by atoms with Crippen LogP contribution in [0.2, 0.25) is 0 Å². The van der Waals surface area contributed by atoms with E-state index in [2.05, 4.69) is 0 Å². The second-order valence-electron chi connectivity index (χ2n) is 6.08. The van der Waals surface area contributed by atoms with Gasteiger partial charge in [0.05, 0.1) is 18.8 Å². The van der Waals surface area contributed by atoms with Gasteiger partial charge in [-0.25, -0.2) is 22.0 Å². The van der Waals surface area contributed by atoms with E-state index >= 15 is 0 Å². The molecular weight excluding hydrogens is 408 g/mol. The van der Waals surface area contributed by atoms with Crippen molar-refractivity contribution in [1.29, 1.82) is 0 Å². The molecule has 29 heavy (non-hydrogen) atoms. The smallest absolute Gasteiger partial charge is 0.338 e. The van der Waals surface area contributed by atoms with E-state index in [1.165, 1.54) is 18.2 Å². The Morgan fingerprint density at radius 1 is 1.03 bits per heavy atom. The molecule has 1 heterocycles. The van der Waals surface area contributed by atoms with Gasteiger partial charge in [0.15, 0.2) is 11.6 Å². The number of hydrogen-bond acceptors (Lipinski definition) is 6. The lowest BCUT2D eigenvalue weighted by Crippen LogP contribution is -2.41. The molecule has 156 valence electrons. The average Bonchev–Trinajstić information content (AvgIpc) is 2.73. The van der Waals surface area contributed by atoms with Crippen LogP contribution in [-0.4, -0.2) is 58.2 Å². The number of halogens is 2. The zero-order valence-electron chi connectivity index (χ0n) is 15.3. The van der Waals surface area contributed by atoms with E-state index in [-0.39, 0.29) is 50.8 Å². The van der Waals surface area contributed by atoms with Crippen molar-refractivity contribution in [2.75, 3.05) is 39.5 Å².